The van der Waals surface area contributed by atoms with Crippen molar-refractivity contribution in [1.82, 2.24) is 4.31 Å². The van der Waals surface area contributed by atoms with E-state index in [9.17, 15) is 13.2 Å². The average molecular weight is 315 g/mol. The van der Waals surface area contributed by atoms with Gasteiger partial charge in [-0.25, -0.2) is 13.2 Å². The zero-order valence-corrected chi connectivity index (χ0v) is 13.7. The van der Waals surface area contributed by atoms with E-state index in [4.69, 9.17) is 9.84 Å². The lowest BCUT2D eigenvalue weighted by Gasteiger charge is -2.25. The maximum absolute atomic E-state index is 12.7. The summed E-state index contributed by atoms with van der Waals surface area (Å²) in [6.07, 6.45) is 0. The zero-order valence-electron chi connectivity index (χ0n) is 12.9. The first-order chi connectivity index (χ1) is 9.62. The Bertz CT molecular complexity index is 639. The molecule has 0 fully saturated rings. The molecule has 1 aromatic carbocycles. The predicted molar refractivity (Wildman–Crippen MR) is 79.2 cm³/mol. The van der Waals surface area contributed by atoms with Gasteiger partial charge >= 0.3 is 5.97 Å². The highest BCUT2D eigenvalue weighted by molar-refractivity contribution is 7.89. The van der Waals surface area contributed by atoms with Crippen molar-refractivity contribution in [2.75, 3.05) is 20.8 Å². The molecule has 0 radical (unpaired) electrons. The van der Waals surface area contributed by atoms with Crippen molar-refractivity contribution in [2.24, 2.45) is 0 Å². The maximum Gasteiger partial charge on any atom is 0.335 e. The Hall–Kier alpha value is -1.44. The lowest BCUT2D eigenvalue weighted by atomic mass is 10.1. The molecule has 0 aliphatic carbocycles. The smallest absolute Gasteiger partial charge is 0.335 e. The number of hydrogen-bond donors (Lipinski definition) is 1. The predicted octanol–water partition coefficient (Wildman–Crippen LogP) is 1.66. The van der Waals surface area contributed by atoms with Gasteiger partial charge in [-0.3, -0.25) is 0 Å². The molecule has 1 rings (SSSR count). The summed E-state index contributed by atoms with van der Waals surface area (Å²) < 4.78 is 31.5. The molecular weight excluding hydrogens is 294 g/mol. The SMILES string of the molecule is COCC(C)N(C)S(=O)(=O)c1cc(C(=O)O)cc(C)c1C. The summed E-state index contributed by atoms with van der Waals surface area (Å²) in [5.74, 6) is -1.15. The van der Waals surface area contributed by atoms with Crippen LogP contribution in [0.4, 0.5) is 0 Å². The van der Waals surface area contributed by atoms with Crippen LogP contribution in [0.15, 0.2) is 17.0 Å². The second-order valence-electron chi connectivity index (χ2n) is 5.05. The van der Waals surface area contributed by atoms with E-state index < -0.39 is 16.0 Å². The molecule has 1 unspecified atom stereocenters. The number of ether oxygens (including phenoxy) is 1. The van der Waals surface area contributed by atoms with Crippen LogP contribution in [0.1, 0.15) is 28.4 Å². The number of carboxylic acid groups (broad SMARTS) is 1. The Balaban J connectivity index is 3.40. The minimum absolute atomic E-state index is 0.0188. The molecule has 1 aromatic rings. The number of carbonyl (C=O) groups is 1. The lowest BCUT2D eigenvalue weighted by Crippen LogP contribution is -2.38. The Morgan fingerprint density at radius 3 is 2.43 bits per heavy atom. The van der Waals surface area contributed by atoms with E-state index in [0.717, 1.165) is 0 Å². The van der Waals surface area contributed by atoms with Gasteiger partial charge in [0.1, 0.15) is 0 Å². The highest BCUT2D eigenvalue weighted by Gasteiger charge is 2.28. The van der Waals surface area contributed by atoms with Crippen LogP contribution in [0.3, 0.4) is 0 Å². The van der Waals surface area contributed by atoms with Crippen molar-refractivity contribution < 1.29 is 23.1 Å². The Kier molecular flexibility index (Phi) is 5.49. The molecule has 1 N–H and O–H groups in total. The number of sulfonamides is 1. The molecule has 0 aliphatic heterocycles. The van der Waals surface area contributed by atoms with Gasteiger partial charge in [-0.15, -0.1) is 0 Å². The molecule has 6 nitrogen and oxygen atoms in total. The van der Waals surface area contributed by atoms with Crippen molar-refractivity contribution in [3.63, 3.8) is 0 Å². The summed E-state index contributed by atoms with van der Waals surface area (Å²) in [6, 6.07) is 2.32. The maximum atomic E-state index is 12.7. The fourth-order valence-corrected chi connectivity index (χ4v) is 3.63. The average Bonchev–Trinajstić information content (AvgIpc) is 2.40. The van der Waals surface area contributed by atoms with Crippen molar-refractivity contribution >= 4 is 16.0 Å². The molecule has 0 amide bonds. The number of rotatable bonds is 6. The van der Waals surface area contributed by atoms with Crippen molar-refractivity contribution in [1.29, 1.82) is 0 Å². The summed E-state index contributed by atoms with van der Waals surface area (Å²) >= 11 is 0. The number of benzene rings is 1. The molecule has 0 saturated carbocycles. The second kappa shape index (κ2) is 6.55. The Labute approximate surface area is 125 Å². The fourth-order valence-electron chi connectivity index (χ4n) is 1.96. The van der Waals surface area contributed by atoms with Crippen LogP contribution in [-0.4, -0.2) is 50.6 Å². The van der Waals surface area contributed by atoms with Crippen molar-refractivity contribution in [2.45, 2.75) is 31.7 Å². The second-order valence-corrected chi connectivity index (χ2v) is 7.01. The summed E-state index contributed by atoms with van der Waals surface area (Å²) in [7, 11) is -0.823. The molecule has 0 aliphatic rings. The third-order valence-electron chi connectivity index (χ3n) is 3.55. The summed E-state index contributed by atoms with van der Waals surface area (Å²) in [5, 5.41) is 9.09. The molecule has 118 valence electrons. The molecular formula is C14H21NO5S. The number of carboxylic acids is 1. The molecule has 0 heterocycles. The van der Waals surface area contributed by atoms with E-state index in [2.05, 4.69) is 0 Å². The zero-order chi connectivity index (χ0) is 16.4. The van der Waals surface area contributed by atoms with E-state index in [1.807, 2.05) is 0 Å². The molecule has 0 saturated heterocycles. The molecule has 0 spiro atoms. The van der Waals surface area contributed by atoms with Crippen LogP contribution in [0, 0.1) is 13.8 Å². The fraction of sp³-hybridized carbons (Fsp3) is 0.500. The third-order valence-corrected chi connectivity index (χ3v) is 5.65. The van der Waals surface area contributed by atoms with Crippen LogP contribution in [0.5, 0.6) is 0 Å². The van der Waals surface area contributed by atoms with E-state index in [1.54, 1.807) is 20.8 Å². The van der Waals surface area contributed by atoms with Crippen molar-refractivity contribution in [3.8, 4) is 0 Å². The van der Waals surface area contributed by atoms with Crippen LogP contribution in [0.2, 0.25) is 0 Å². The standard InChI is InChI=1S/C14H21NO5S/c1-9-6-12(14(16)17)7-13(11(9)3)21(18,19)15(4)10(2)8-20-5/h6-7,10H,8H2,1-5H3,(H,16,17). The summed E-state index contributed by atoms with van der Waals surface area (Å²) in [5.41, 5.74) is 1.14. The number of hydrogen-bond acceptors (Lipinski definition) is 4. The van der Waals surface area contributed by atoms with Crippen LogP contribution in [-0.2, 0) is 14.8 Å². The minimum atomic E-state index is -3.78. The first-order valence-electron chi connectivity index (χ1n) is 6.44. The van der Waals surface area contributed by atoms with Crippen molar-refractivity contribution in [3.05, 3.63) is 28.8 Å². The number of methoxy groups -OCH3 is 1. The topological polar surface area (TPSA) is 83.9 Å². The summed E-state index contributed by atoms with van der Waals surface area (Å²) in [6.45, 7) is 5.35. The molecule has 21 heavy (non-hydrogen) atoms. The van der Waals surface area contributed by atoms with Crippen LogP contribution >= 0.6 is 0 Å². The van der Waals surface area contributed by atoms with Crippen LogP contribution < -0.4 is 0 Å². The lowest BCUT2D eigenvalue weighted by molar-refractivity contribution is 0.0696. The van der Waals surface area contributed by atoms with Gasteiger partial charge in [-0.2, -0.15) is 4.31 Å². The number of nitrogens with zero attached hydrogens (tertiary/aromatic N) is 1. The largest absolute Gasteiger partial charge is 0.478 e. The highest BCUT2D eigenvalue weighted by atomic mass is 32.2. The highest BCUT2D eigenvalue weighted by Crippen LogP contribution is 2.25. The third kappa shape index (κ3) is 3.61. The van der Waals surface area contributed by atoms with E-state index in [1.165, 1.54) is 30.6 Å². The van der Waals surface area contributed by atoms with Gasteiger partial charge in [0.05, 0.1) is 17.1 Å². The monoisotopic (exact) mass is 315 g/mol. The molecule has 0 aromatic heterocycles. The molecule has 1 atom stereocenters. The Morgan fingerprint density at radius 1 is 1.38 bits per heavy atom. The van der Waals surface area contributed by atoms with Gasteiger partial charge in [-0.1, -0.05) is 0 Å². The van der Waals surface area contributed by atoms with E-state index >= 15 is 0 Å². The Morgan fingerprint density at radius 2 is 1.95 bits per heavy atom. The molecule has 0 bridgehead atoms. The van der Waals surface area contributed by atoms with Gasteiger partial charge in [-0.05, 0) is 44.0 Å². The quantitative estimate of drug-likeness (QED) is 0.863. The van der Waals surface area contributed by atoms with E-state index in [-0.39, 0.29) is 23.1 Å². The van der Waals surface area contributed by atoms with Gasteiger partial charge in [0.2, 0.25) is 10.0 Å². The number of likely N-dealkylation sites (N-methyl/N-ethyl adjacent to an activating group) is 1. The number of aryl methyl sites for hydroxylation is 1. The van der Waals surface area contributed by atoms with Gasteiger partial charge in [0.25, 0.3) is 0 Å². The number of aromatic carboxylic acids is 1. The normalized spacial score (nSPS) is 13.4. The van der Waals surface area contributed by atoms with Crippen LogP contribution in [0.25, 0.3) is 0 Å². The first kappa shape index (κ1) is 17.6. The minimum Gasteiger partial charge on any atom is -0.478 e. The van der Waals surface area contributed by atoms with E-state index in [0.29, 0.717) is 11.1 Å². The first-order valence-corrected chi connectivity index (χ1v) is 7.88. The van der Waals surface area contributed by atoms with Gasteiger partial charge in [0, 0.05) is 20.2 Å². The van der Waals surface area contributed by atoms with Gasteiger partial charge in [0.15, 0.2) is 0 Å². The summed E-state index contributed by atoms with van der Waals surface area (Å²) in [4.78, 5) is 11.1. The van der Waals surface area contributed by atoms with Gasteiger partial charge < -0.3 is 9.84 Å². The molecule has 7 heteroatoms.